The molecule has 0 bridgehead atoms. The molecular formula is C23H31N3O4. The molecule has 2 N–H and O–H groups in total. The summed E-state index contributed by atoms with van der Waals surface area (Å²) in [6, 6.07) is 11.6. The summed E-state index contributed by atoms with van der Waals surface area (Å²) in [7, 11) is 6.64. The van der Waals surface area contributed by atoms with Crippen LogP contribution in [0.4, 0.5) is 5.69 Å². The number of nitrogens with zero attached hydrogens (tertiary/aromatic N) is 1. The molecule has 0 saturated heterocycles. The Bertz CT molecular complexity index is 864. The third-order valence-electron chi connectivity index (χ3n) is 5.19. The second-order valence-corrected chi connectivity index (χ2v) is 7.12. The first-order valence-corrected chi connectivity index (χ1v) is 10.2. The van der Waals surface area contributed by atoms with Gasteiger partial charge in [0.25, 0.3) is 0 Å². The summed E-state index contributed by atoms with van der Waals surface area (Å²) in [5, 5.41) is 6.63. The fraction of sp³-hybridized carbons (Fsp3) is 0.435. The molecule has 0 spiro atoms. The highest BCUT2D eigenvalue weighted by molar-refractivity contribution is 5.93. The van der Waals surface area contributed by atoms with Crippen molar-refractivity contribution in [2.24, 2.45) is 4.99 Å². The molecule has 162 valence electrons. The molecule has 0 unspecified atom stereocenters. The zero-order valence-corrected chi connectivity index (χ0v) is 18.2. The SMILES string of the molecule is CN=C(NCc1ccc(OC)cc1OC1CCCC1)Nc1ccc(OC)c(OC)c1. The Hall–Kier alpha value is -3.09. The molecular weight excluding hydrogens is 382 g/mol. The van der Waals surface area contributed by atoms with Gasteiger partial charge in [0.15, 0.2) is 17.5 Å². The molecule has 2 aromatic carbocycles. The van der Waals surface area contributed by atoms with Crippen molar-refractivity contribution in [3.05, 3.63) is 42.0 Å². The Balaban J connectivity index is 1.68. The van der Waals surface area contributed by atoms with Crippen molar-refractivity contribution in [2.75, 3.05) is 33.7 Å². The highest BCUT2D eigenvalue weighted by Crippen LogP contribution is 2.31. The zero-order chi connectivity index (χ0) is 21.3. The molecule has 1 aliphatic carbocycles. The molecule has 0 atom stereocenters. The first-order chi connectivity index (χ1) is 14.7. The van der Waals surface area contributed by atoms with Gasteiger partial charge in [0.1, 0.15) is 11.5 Å². The van der Waals surface area contributed by atoms with Crippen LogP contribution in [0.1, 0.15) is 31.2 Å². The minimum absolute atomic E-state index is 0.278. The highest BCUT2D eigenvalue weighted by atomic mass is 16.5. The van der Waals surface area contributed by atoms with E-state index in [0.29, 0.717) is 24.0 Å². The van der Waals surface area contributed by atoms with Crippen LogP contribution in [0.15, 0.2) is 41.4 Å². The van der Waals surface area contributed by atoms with E-state index in [0.717, 1.165) is 35.6 Å². The number of hydrogen-bond acceptors (Lipinski definition) is 5. The summed E-state index contributed by atoms with van der Waals surface area (Å²) in [6.07, 6.45) is 4.94. The summed E-state index contributed by atoms with van der Waals surface area (Å²) < 4.78 is 22.3. The van der Waals surface area contributed by atoms with Crippen molar-refractivity contribution < 1.29 is 18.9 Å². The predicted octanol–water partition coefficient (Wildman–Crippen LogP) is 4.22. The van der Waals surface area contributed by atoms with E-state index in [2.05, 4.69) is 15.6 Å². The van der Waals surface area contributed by atoms with Gasteiger partial charge in [-0.2, -0.15) is 0 Å². The van der Waals surface area contributed by atoms with E-state index in [-0.39, 0.29) is 6.10 Å². The molecule has 0 amide bonds. The van der Waals surface area contributed by atoms with Crippen molar-refractivity contribution >= 4 is 11.6 Å². The molecule has 1 aliphatic rings. The van der Waals surface area contributed by atoms with E-state index in [1.165, 1.54) is 12.8 Å². The molecule has 1 saturated carbocycles. The maximum absolute atomic E-state index is 6.28. The minimum atomic E-state index is 0.278. The summed E-state index contributed by atoms with van der Waals surface area (Å²) in [4.78, 5) is 4.32. The van der Waals surface area contributed by atoms with Gasteiger partial charge in [0, 0.05) is 37.0 Å². The van der Waals surface area contributed by atoms with Crippen molar-refractivity contribution in [3.8, 4) is 23.0 Å². The Morgan fingerprint density at radius 3 is 2.37 bits per heavy atom. The van der Waals surface area contributed by atoms with Gasteiger partial charge >= 0.3 is 0 Å². The maximum Gasteiger partial charge on any atom is 0.195 e. The van der Waals surface area contributed by atoms with E-state index < -0.39 is 0 Å². The van der Waals surface area contributed by atoms with Gasteiger partial charge in [0.05, 0.1) is 27.4 Å². The van der Waals surface area contributed by atoms with Crippen LogP contribution < -0.4 is 29.6 Å². The standard InChI is InChI=1S/C23H31N3O4/c1-24-23(26-17-10-12-20(28-3)22(13-17)29-4)25-15-16-9-11-19(27-2)14-21(16)30-18-7-5-6-8-18/h9-14,18H,5-8,15H2,1-4H3,(H2,24,25,26). The molecule has 0 aliphatic heterocycles. The van der Waals surface area contributed by atoms with Crippen LogP contribution in [0.3, 0.4) is 0 Å². The van der Waals surface area contributed by atoms with Crippen LogP contribution in [-0.4, -0.2) is 40.4 Å². The van der Waals surface area contributed by atoms with Crippen LogP contribution in [-0.2, 0) is 6.54 Å². The van der Waals surface area contributed by atoms with Gasteiger partial charge < -0.3 is 29.6 Å². The van der Waals surface area contributed by atoms with Crippen LogP contribution in [0.25, 0.3) is 0 Å². The second-order valence-electron chi connectivity index (χ2n) is 7.12. The third kappa shape index (κ3) is 5.49. The van der Waals surface area contributed by atoms with Crippen LogP contribution in [0, 0.1) is 0 Å². The number of guanidine groups is 1. The van der Waals surface area contributed by atoms with Gasteiger partial charge in [-0.3, -0.25) is 4.99 Å². The van der Waals surface area contributed by atoms with Gasteiger partial charge in [-0.05, 0) is 49.9 Å². The second kappa shape index (κ2) is 10.6. The first-order valence-electron chi connectivity index (χ1n) is 10.2. The molecule has 0 heterocycles. The number of hydrogen-bond donors (Lipinski definition) is 2. The number of benzene rings is 2. The summed E-state index contributed by atoms with van der Waals surface area (Å²) >= 11 is 0. The molecule has 30 heavy (non-hydrogen) atoms. The summed E-state index contributed by atoms with van der Waals surface area (Å²) in [6.45, 7) is 0.568. The number of ether oxygens (including phenoxy) is 4. The van der Waals surface area contributed by atoms with Gasteiger partial charge in [-0.25, -0.2) is 0 Å². The number of rotatable bonds is 8. The minimum Gasteiger partial charge on any atom is -0.497 e. The monoisotopic (exact) mass is 413 g/mol. The lowest BCUT2D eigenvalue weighted by atomic mass is 10.2. The molecule has 2 aromatic rings. The van der Waals surface area contributed by atoms with Crippen LogP contribution >= 0.6 is 0 Å². The third-order valence-corrected chi connectivity index (χ3v) is 5.19. The van der Waals surface area contributed by atoms with E-state index in [1.54, 1.807) is 28.4 Å². The average molecular weight is 414 g/mol. The number of nitrogens with one attached hydrogen (secondary N) is 2. The molecule has 3 rings (SSSR count). The zero-order valence-electron chi connectivity index (χ0n) is 18.2. The molecule has 0 radical (unpaired) electrons. The lowest BCUT2D eigenvalue weighted by molar-refractivity contribution is 0.207. The summed E-state index contributed by atoms with van der Waals surface area (Å²) in [5.41, 5.74) is 1.90. The average Bonchev–Trinajstić information content (AvgIpc) is 3.30. The predicted molar refractivity (Wildman–Crippen MR) is 119 cm³/mol. The lowest BCUT2D eigenvalue weighted by Crippen LogP contribution is -2.30. The fourth-order valence-corrected chi connectivity index (χ4v) is 3.51. The highest BCUT2D eigenvalue weighted by Gasteiger charge is 2.18. The van der Waals surface area contributed by atoms with Crippen LogP contribution in [0.5, 0.6) is 23.0 Å². The Morgan fingerprint density at radius 2 is 1.70 bits per heavy atom. The van der Waals surface area contributed by atoms with Crippen molar-refractivity contribution in [1.29, 1.82) is 0 Å². The number of anilines is 1. The number of aliphatic imine (C=N–C) groups is 1. The van der Waals surface area contributed by atoms with E-state index in [9.17, 15) is 0 Å². The maximum atomic E-state index is 6.28. The normalized spacial score (nSPS) is 14.3. The topological polar surface area (TPSA) is 73.3 Å². The molecule has 7 nitrogen and oxygen atoms in total. The van der Waals surface area contributed by atoms with E-state index in [1.807, 2.05) is 36.4 Å². The fourth-order valence-electron chi connectivity index (χ4n) is 3.51. The van der Waals surface area contributed by atoms with Crippen molar-refractivity contribution in [3.63, 3.8) is 0 Å². The smallest absolute Gasteiger partial charge is 0.195 e. The van der Waals surface area contributed by atoms with E-state index >= 15 is 0 Å². The Kier molecular flexibility index (Phi) is 7.65. The van der Waals surface area contributed by atoms with Gasteiger partial charge in [-0.15, -0.1) is 0 Å². The van der Waals surface area contributed by atoms with Crippen molar-refractivity contribution in [2.45, 2.75) is 38.3 Å². The quantitative estimate of drug-likeness (QED) is 0.499. The van der Waals surface area contributed by atoms with Crippen molar-refractivity contribution in [1.82, 2.24) is 5.32 Å². The lowest BCUT2D eigenvalue weighted by Gasteiger charge is -2.19. The van der Waals surface area contributed by atoms with Gasteiger partial charge in [-0.1, -0.05) is 0 Å². The van der Waals surface area contributed by atoms with Gasteiger partial charge in [0.2, 0.25) is 0 Å². The molecule has 1 fully saturated rings. The number of methoxy groups -OCH3 is 3. The van der Waals surface area contributed by atoms with Crippen LogP contribution in [0.2, 0.25) is 0 Å². The summed E-state index contributed by atoms with van der Waals surface area (Å²) in [5.74, 6) is 3.62. The Morgan fingerprint density at radius 1 is 0.933 bits per heavy atom. The molecule has 7 heteroatoms. The first kappa shape index (κ1) is 21.6. The molecule has 0 aromatic heterocycles. The largest absolute Gasteiger partial charge is 0.497 e. The Labute approximate surface area is 178 Å². The van der Waals surface area contributed by atoms with E-state index in [4.69, 9.17) is 18.9 Å².